The maximum Gasteiger partial charge on any atom is 0.214 e. The molecule has 0 aliphatic carbocycles. The topological polar surface area (TPSA) is 124 Å². The van der Waals surface area contributed by atoms with Gasteiger partial charge in [0.1, 0.15) is 28.5 Å². The molecule has 0 bridgehead atoms. The lowest BCUT2D eigenvalue weighted by Gasteiger charge is -2.19. The van der Waals surface area contributed by atoms with Gasteiger partial charge in [-0.1, -0.05) is 6.92 Å². The Hall–Kier alpha value is -3.11. The quantitative estimate of drug-likeness (QED) is 0.437. The minimum atomic E-state index is -3.31. The van der Waals surface area contributed by atoms with Crippen molar-refractivity contribution >= 4 is 32.1 Å². The summed E-state index contributed by atoms with van der Waals surface area (Å²) in [7, 11) is -3.31. The third-order valence-corrected chi connectivity index (χ3v) is 7.85. The molecule has 4 heterocycles. The Bertz CT molecular complexity index is 1390. The predicted octanol–water partition coefficient (Wildman–Crippen LogP) is 2.98. The lowest BCUT2D eigenvalue weighted by atomic mass is 10.1. The summed E-state index contributed by atoms with van der Waals surface area (Å²) in [5, 5.41) is 21.1. The van der Waals surface area contributed by atoms with E-state index < -0.39 is 10.0 Å². The number of aromatic hydroxyl groups is 2. The van der Waals surface area contributed by atoms with Crippen molar-refractivity contribution < 1.29 is 18.6 Å². The molecular weight excluding hydrogens is 418 g/mol. The standard InChI is InChI=1S/C21H23N5O4S/c1-2-9-31(29,30)25-8-6-13(12-25)26-19-16-5-7-22-20(16)23-11-17(19)24-21(26)15-4-3-14(27)10-18(15)28/h3-5,7,10-11,13,27-28H,2,6,8-9,12H2,1H3,(H,22,23). The van der Waals surface area contributed by atoms with Crippen molar-refractivity contribution in [2.24, 2.45) is 0 Å². The average molecular weight is 442 g/mol. The van der Waals surface area contributed by atoms with Gasteiger partial charge in [-0.3, -0.25) is 0 Å². The van der Waals surface area contributed by atoms with Crippen LogP contribution >= 0.6 is 0 Å². The largest absolute Gasteiger partial charge is 0.508 e. The molecule has 1 aliphatic heterocycles. The molecule has 0 amide bonds. The normalized spacial score (nSPS) is 17.8. The number of pyridine rings is 1. The number of aromatic amines is 1. The average Bonchev–Trinajstić information content (AvgIpc) is 3.44. The van der Waals surface area contributed by atoms with E-state index >= 15 is 0 Å². The van der Waals surface area contributed by atoms with Crippen LogP contribution in [0.15, 0.2) is 36.7 Å². The molecule has 1 unspecified atom stereocenters. The fourth-order valence-electron chi connectivity index (χ4n) is 4.41. The third kappa shape index (κ3) is 3.22. The van der Waals surface area contributed by atoms with Crippen molar-refractivity contribution in [3.8, 4) is 22.9 Å². The predicted molar refractivity (Wildman–Crippen MR) is 117 cm³/mol. The zero-order chi connectivity index (χ0) is 21.8. The van der Waals surface area contributed by atoms with Crippen molar-refractivity contribution in [2.75, 3.05) is 18.8 Å². The number of rotatable bonds is 5. The Morgan fingerprint density at radius 1 is 1.26 bits per heavy atom. The van der Waals surface area contributed by atoms with E-state index in [4.69, 9.17) is 4.98 Å². The minimum absolute atomic E-state index is 0.0451. The van der Waals surface area contributed by atoms with Gasteiger partial charge in [0.05, 0.1) is 29.1 Å². The van der Waals surface area contributed by atoms with Crippen molar-refractivity contribution in [1.29, 1.82) is 0 Å². The number of hydrogen-bond donors (Lipinski definition) is 3. The third-order valence-electron chi connectivity index (χ3n) is 5.80. The van der Waals surface area contributed by atoms with Gasteiger partial charge < -0.3 is 19.8 Å². The van der Waals surface area contributed by atoms with Crippen LogP contribution in [0, 0.1) is 0 Å². The fraction of sp³-hybridized carbons (Fsp3) is 0.333. The number of H-pyrrole nitrogens is 1. The van der Waals surface area contributed by atoms with E-state index in [0.29, 0.717) is 48.5 Å². The maximum atomic E-state index is 12.6. The molecule has 1 fully saturated rings. The van der Waals surface area contributed by atoms with Gasteiger partial charge >= 0.3 is 0 Å². The number of sulfonamides is 1. The second-order valence-corrected chi connectivity index (χ2v) is 9.94. The molecule has 0 saturated carbocycles. The summed E-state index contributed by atoms with van der Waals surface area (Å²) in [5.74, 6) is 0.504. The van der Waals surface area contributed by atoms with Gasteiger partial charge in [0, 0.05) is 30.7 Å². The molecule has 1 saturated heterocycles. The van der Waals surface area contributed by atoms with Gasteiger partial charge in [0.2, 0.25) is 10.0 Å². The van der Waals surface area contributed by atoms with Crippen molar-refractivity contribution in [3.63, 3.8) is 0 Å². The highest BCUT2D eigenvalue weighted by atomic mass is 32.2. The number of imidazole rings is 1. The molecule has 10 heteroatoms. The second kappa shape index (κ2) is 7.24. The van der Waals surface area contributed by atoms with Gasteiger partial charge in [-0.15, -0.1) is 0 Å². The Morgan fingerprint density at radius 2 is 2.10 bits per heavy atom. The number of phenolic OH excluding ortho intramolecular Hbond substituents is 2. The van der Waals surface area contributed by atoms with Gasteiger partial charge in [0.15, 0.2) is 0 Å². The highest BCUT2D eigenvalue weighted by Crippen LogP contribution is 2.39. The van der Waals surface area contributed by atoms with Gasteiger partial charge in [-0.25, -0.2) is 18.4 Å². The number of phenols is 2. The summed E-state index contributed by atoms with van der Waals surface area (Å²) in [6.07, 6.45) is 4.68. The molecule has 1 atom stereocenters. The molecule has 162 valence electrons. The lowest BCUT2D eigenvalue weighted by Crippen LogP contribution is -2.31. The van der Waals surface area contributed by atoms with Crippen LogP contribution in [-0.2, 0) is 10.0 Å². The van der Waals surface area contributed by atoms with Crippen LogP contribution in [0.2, 0.25) is 0 Å². The van der Waals surface area contributed by atoms with Crippen molar-refractivity contribution in [2.45, 2.75) is 25.8 Å². The first-order valence-electron chi connectivity index (χ1n) is 10.2. The lowest BCUT2D eigenvalue weighted by molar-refractivity contribution is 0.448. The zero-order valence-electron chi connectivity index (χ0n) is 17.0. The summed E-state index contributed by atoms with van der Waals surface area (Å²) in [6.45, 7) is 2.64. The van der Waals surface area contributed by atoms with E-state index in [9.17, 15) is 18.6 Å². The van der Waals surface area contributed by atoms with Crippen LogP contribution in [0.1, 0.15) is 25.8 Å². The molecule has 9 nitrogen and oxygen atoms in total. The van der Waals surface area contributed by atoms with E-state index in [2.05, 4.69) is 9.97 Å². The number of benzene rings is 1. The Balaban J connectivity index is 1.71. The van der Waals surface area contributed by atoms with E-state index in [-0.39, 0.29) is 23.3 Å². The molecule has 0 radical (unpaired) electrons. The van der Waals surface area contributed by atoms with E-state index in [1.165, 1.54) is 12.1 Å². The molecule has 1 aromatic carbocycles. The second-order valence-electron chi connectivity index (χ2n) is 7.86. The van der Waals surface area contributed by atoms with E-state index in [1.54, 1.807) is 22.8 Å². The summed E-state index contributed by atoms with van der Waals surface area (Å²) >= 11 is 0. The Kier molecular flexibility index (Phi) is 4.63. The van der Waals surface area contributed by atoms with E-state index in [1.807, 2.05) is 17.6 Å². The number of nitrogens with one attached hydrogen (secondary N) is 1. The van der Waals surface area contributed by atoms with E-state index in [0.717, 1.165) is 10.9 Å². The molecule has 31 heavy (non-hydrogen) atoms. The molecule has 0 spiro atoms. The van der Waals surface area contributed by atoms with Crippen LogP contribution in [-0.4, -0.2) is 61.3 Å². The first-order valence-corrected chi connectivity index (χ1v) is 11.8. The maximum absolute atomic E-state index is 12.6. The summed E-state index contributed by atoms with van der Waals surface area (Å²) in [4.78, 5) is 12.3. The molecule has 3 aromatic heterocycles. The van der Waals surface area contributed by atoms with Crippen LogP contribution in [0.3, 0.4) is 0 Å². The SMILES string of the molecule is CCCS(=O)(=O)N1CCC(n2c(-c3ccc(O)cc3O)nc3cnc4[nH]ccc4c32)C1. The zero-order valence-corrected chi connectivity index (χ0v) is 17.8. The van der Waals surface area contributed by atoms with Gasteiger partial charge in [-0.2, -0.15) is 4.31 Å². The molecule has 3 N–H and O–H groups in total. The number of hydrogen-bond acceptors (Lipinski definition) is 6. The summed E-state index contributed by atoms with van der Waals surface area (Å²) < 4.78 is 28.9. The summed E-state index contributed by atoms with van der Waals surface area (Å²) in [5.41, 5.74) is 2.68. The molecule has 5 rings (SSSR count). The molecular formula is C21H23N5O4S. The van der Waals surface area contributed by atoms with Crippen LogP contribution in [0.5, 0.6) is 11.5 Å². The monoisotopic (exact) mass is 441 g/mol. The summed E-state index contributed by atoms with van der Waals surface area (Å²) in [6, 6.07) is 6.15. The number of nitrogens with zero attached hydrogens (tertiary/aromatic N) is 4. The molecule has 1 aliphatic rings. The van der Waals surface area contributed by atoms with Gasteiger partial charge in [0.25, 0.3) is 0 Å². The Morgan fingerprint density at radius 3 is 2.87 bits per heavy atom. The highest BCUT2D eigenvalue weighted by molar-refractivity contribution is 7.89. The number of fused-ring (bicyclic) bond motifs is 3. The van der Waals surface area contributed by atoms with Crippen LogP contribution in [0.25, 0.3) is 33.5 Å². The number of aromatic nitrogens is 4. The molecule has 4 aromatic rings. The highest BCUT2D eigenvalue weighted by Gasteiger charge is 2.34. The minimum Gasteiger partial charge on any atom is -0.508 e. The van der Waals surface area contributed by atoms with Crippen molar-refractivity contribution in [1.82, 2.24) is 23.8 Å². The Labute approximate surface area is 179 Å². The van der Waals surface area contributed by atoms with Gasteiger partial charge in [-0.05, 0) is 31.0 Å². The first-order chi connectivity index (χ1) is 14.9. The van der Waals surface area contributed by atoms with Crippen LogP contribution < -0.4 is 0 Å². The first kappa shape index (κ1) is 19.8. The van der Waals surface area contributed by atoms with Crippen molar-refractivity contribution in [3.05, 3.63) is 36.7 Å². The fourth-order valence-corrected chi connectivity index (χ4v) is 5.96. The van der Waals surface area contributed by atoms with Crippen LogP contribution in [0.4, 0.5) is 0 Å². The smallest absolute Gasteiger partial charge is 0.214 e.